The number of nitrogens with zero attached hydrogens (tertiary/aromatic N) is 1. The normalized spacial score (nSPS) is 11.7. The van der Waals surface area contributed by atoms with Crippen LogP contribution in [0.2, 0.25) is 15.1 Å². The van der Waals surface area contributed by atoms with Gasteiger partial charge in [0.25, 0.3) is 0 Å². The minimum absolute atomic E-state index is 0.154. The molecule has 2 aromatic rings. The first-order valence-electron chi connectivity index (χ1n) is 4.98. The molecule has 2 rings (SSSR count). The Morgan fingerprint density at radius 3 is 2.05 bits per heavy atom. The fourth-order valence-corrected chi connectivity index (χ4v) is 2.19. The van der Waals surface area contributed by atoms with Crippen molar-refractivity contribution in [3.05, 3.63) is 51.1 Å². The number of aromatic nitrogens is 1. The van der Waals surface area contributed by atoms with Crippen molar-refractivity contribution in [2.45, 2.75) is 6.18 Å². The molecule has 0 fully saturated rings. The van der Waals surface area contributed by atoms with Gasteiger partial charge in [0.05, 0.1) is 26.3 Å². The quantitative estimate of drug-likeness (QED) is 0.610. The molecular weight excluding hydrogens is 321 g/mol. The second-order valence-electron chi connectivity index (χ2n) is 3.65. The highest BCUT2D eigenvalue weighted by Crippen LogP contribution is 2.38. The Bertz CT molecular complexity index is 609. The van der Waals surface area contributed by atoms with Crippen LogP contribution in [-0.2, 0) is 6.18 Å². The Kier molecular flexibility index (Phi) is 3.95. The van der Waals surface area contributed by atoms with Gasteiger partial charge in [-0.2, -0.15) is 13.2 Å². The van der Waals surface area contributed by atoms with Crippen LogP contribution in [0.3, 0.4) is 0 Å². The Labute approximate surface area is 121 Å². The lowest BCUT2D eigenvalue weighted by atomic mass is 10.1. The number of rotatable bonds is 1. The lowest BCUT2D eigenvalue weighted by Gasteiger charge is -2.10. The molecule has 0 radical (unpaired) electrons. The van der Waals surface area contributed by atoms with Gasteiger partial charge >= 0.3 is 6.18 Å². The van der Waals surface area contributed by atoms with Crippen LogP contribution >= 0.6 is 34.8 Å². The molecule has 0 aliphatic heterocycles. The number of alkyl halides is 3. The van der Waals surface area contributed by atoms with E-state index in [0.717, 1.165) is 12.3 Å². The van der Waals surface area contributed by atoms with Crippen molar-refractivity contribution in [2.24, 2.45) is 0 Å². The highest BCUT2D eigenvalue weighted by atomic mass is 35.5. The molecule has 19 heavy (non-hydrogen) atoms. The zero-order valence-corrected chi connectivity index (χ0v) is 11.4. The van der Waals surface area contributed by atoms with Gasteiger partial charge in [0.2, 0.25) is 0 Å². The Morgan fingerprint density at radius 1 is 0.895 bits per heavy atom. The summed E-state index contributed by atoms with van der Waals surface area (Å²) < 4.78 is 37.3. The van der Waals surface area contributed by atoms with Gasteiger partial charge in [-0.15, -0.1) is 0 Å². The number of hydrogen-bond donors (Lipinski definition) is 0. The maximum atomic E-state index is 12.4. The van der Waals surface area contributed by atoms with Crippen LogP contribution in [-0.4, -0.2) is 4.98 Å². The molecule has 0 aliphatic rings. The van der Waals surface area contributed by atoms with Crippen molar-refractivity contribution in [1.82, 2.24) is 4.98 Å². The van der Waals surface area contributed by atoms with Crippen LogP contribution in [0.5, 0.6) is 0 Å². The summed E-state index contributed by atoms with van der Waals surface area (Å²) in [4.78, 5) is 3.73. The monoisotopic (exact) mass is 325 g/mol. The van der Waals surface area contributed by atoms with Crippen molar-refractivity contribution < 1.29 is 13.2 Å². The van der Waals surface area contributed by atoms with E-state index in [1.165, 1.54) is 18.2 Å². The summed E-state index contributed by atoms with van der Waals surface area (Å²) in [6, 6.07) is 5.12. The summed E-state index contributed by atoms with van der Waals surface area (Å²) in [6.45, 7) is 0. The van der Waals surface area contributed by atoms with Gasteiger partial charge in [0.1, 0.15) is 0 Å². The molecule has 0 atom stereocenters. The van der Waals surface area contributed by atoms with E-state index >= 15 is 0 Å². The zero-order valence-electron chi connectivity index (χ0n) is 9.10. The fraction of sp³-hybridized carbons (Fsp3) is 0.0833. The molecule has 7 heteroatoms. The maximum Gasteiger partial charge on any atom is 0.417 e. The summed E-state index contributed by atoms with van der Waals surface area (Å²) >= 11 is 17.8. The average molecular weight is 327 g/mol. The number of benzene rings is 1. The van der Waals surface area contributed by atoms with Gasteiger partial charge in [-0.25, -0.2) is 0 Å². The zero-order chi connectivity index (χ0) is 14.2. The van der Waals surface area contributed by atoms with Gasteiger partial charge in [0.15, 0.2) is 0 Å². The smallest absolute Gasteiger partial charge is 0.256 e. The predicted octanol–water partition coefficient (Wildman–Crippen LogP) is 5.73. The summed E-state index contributed by atoms with van der Waals surface area (Å²) in [7, 11) is 0. The average Bonchev–Trinajstić information content (AvgIpc) is 2.34. The van der Waals surface area contributed by atoms with Crippen molar-refractivity contribution in [3.8, 4) is 11.3 Å². The second kappa shape index (κ2) is 5.19. The van der Waals surface area contributed by atoms with E-state index in [1.807, 2.05) is 0 Å². The maximum absolute atomic E-state index is 12.4. The predicted molar refractivity (Wildman–Crippen MR) is 69.7 cm³/mol. The van der Waals surface area contributed by atoms with Crippen molar-refractivity contribution >= 4 is 34.8 Å². The first-order valence-corrected chi connectivity index (χ1v) is 6.11. The lowest BCUT2D eigenvalue weighted by molar-refractivity contribution is -0.137. The largest absolute Gasteiger partial charge is 0.417 e. The van der Waals surface area contributed by atoms with E-state index in [0.29, 0.717) is 5.56 Å². The Balaban J connectivity index is 2.52. The van der Waals surface area contributed by atoms with E-state index < -0.39 is 11.7 Å². The third kappa shape index (κ3) is 2.96. The van der Waals surface area contributed by atoms with E-state index in [-0.39, 0.29) is 20.8 Å². The topological polar surface area (TPSA) is 12.9 Å². The summed E-state index contributed by atoms with van der Waals surface area (Å²) in [5.41, 5.74) is -0.305. The molecule has 1 aromatic heterocycles. The van der Waals surface area contributed by atoms with Crippen LogP contribution in [0.1, 0.15) is 5.56 Å². The van der Waals surface area contributed by atoms with Gasteiger partial charge in [-0.1, -0.05) is 34.8 Å². The van der Waals surface area contributed by atoms with Crippen molar-refractivity contribution in [2.75, 3.05) is 0 Å². The fourth-order valence-electron chi connectivity index (χ4n) is 1.47. The van der Waals surface area contributed by atoms with Gasteiger partial charge < -0.3 is 0 Å². The summed E-state index contributed by atoms with van der Waals surface area (Å²) in [5, 5.41) is 0.672. The minimum Gasteiger partial charge on any atom is -0.256 e. The molecule has 0 amide bonds. The second-order valence-corrected chi connectivity index (χ2v) is 4.84. The Morgan fingerprint density at radius 2 is 1.53 bits per heavy atom. The molecule has 1 heterocycles. The van der Waals surface area contributed by atoms with Gasteiger partial charge in [-0.05, 0) is 24.3 Å². The van der Waals surface area contributed by atoms with E-state index in [9.17, 15) is 13.2 Å². The molecule has 0 bridgehead atoms. The Hall–Kier alpha value is -0.970. The molecular formula is C12H5Cl3F3N. The molecule has 0 spiro atoms. The third-order valence-electron chi connectivity index (χ3n) is 2.39. The van der Waals surface area contributed by atoms with Crippen LogP contribution in [0.4, 0.5) is 13.2 Å². The molecule has 0 aliphatic carbocycles. The molecule has 0 N–H and O–H groups in total. The van der Waals surface area contributed by atoms with Crippen molar-refractivity contribution in [3.63, 3.8) is 0 Å². The van der Waals surface area contributed by atoms with Crippen LogP contribution < -0.4 is 0 Å². The summed E-state index contributed by atoms with van der Waals surface area (Å²) in [6.07, 6.45) is -3.71. The lowest BCUT2D eigenvalue weighted by Crippen LogP contribution is -2.05. The summed E-state index contributed by atoms with van der Waals surface area (Å²) in [5.74, 6) is 0. The molecule has 0 saturated carbocycles. The van der Waals surface area contributed by atoms with Gasteiger partial charge in [-0.3, -0.25) is 4.98 Å². The molecule has 100 valence electrons. The SMILES string of the molecule is FC(F)(F)c1ccc(-c2c(Cl)ccc(Cl)c2Cl)nc1. The van der Waals surface area contributed by atoms with Gasteiger partial charge in [0, 0.05) is 11.8 Å². The van der Waals surface area contributed by atoms with Crippen LogP contribution in [0.25, 0.3) is 11.3 Å². The van der Waals surface area contributed by atoms with Crippen LogP contribution in [0.15, 0.2) is 30.5 Å². The van der Waals surface area contributed by atoms with E-state index in [4.69, 9.17) is 34.8 Å². The molecule has 0 unspecified atom stereocenters. The highest BCUT2D eigenvalue weighted by Gasteiger charge is 2.30. The minimum atomic E-state index is -4.44. The first-order chi connectivity index (χ1) is 8.80. The highest BCUT2D eigenvalue weighted by molar-refractivity contribution is 6.46. The molecule has 0 saturated heterocycles. The first kappa shape index (κ1) is 14.4. The van der Waals surface area contributed by atoms with E-state index in [2.05, 4.69) is 4.98 Å². The number of halogens is 6. The number of hydrogen-bond acceptors (Lipinski definition) is 1. The van der Waals surface area contributed by atoms with E-state index in [1.54, 1.807) is 0 Å². The van der Waals surface area contributed by atoms with Crippen LogP contribution in [0, 0.1) is 0 Å². The molecule has 1 aromatic carbocycles. The standard InChI is InChI=1S/C12H5Cl3F3N/c13-7-2-3-8(14)11(15)10(7)9-4-1-6(5-19-9)12(16,17)18/h1-5H. The molecule has 1 nitrogen and oxygen atoms in total. The number of pyridine rings is 1. The van der Waals surface area contributed by atoms with Crippen molar-refractivity contribution in [1.29, 1.82) is 0 Å². The third-order valence-corrected chi connectivity index (χ3v) is 3.51.